The van der Waals surface area contributed by atoms with Gasteiger partial charge in [0.2, 0.25) is 5.91 Å². The van der Waals surface area contributed by atoms with E-state index in [1.165, 1.54) is 0 Å². The molecule has 5 heteroatoms. The van der Waals surface area contributed by atoms with Gasteiger partial charge in [-0.1, -0.05) is 23.8 Å². The molecule has 0 aliphatic heterocycles. The Kier molecular flexibility index (Phi) is 7.67. The maximum Gasteiger partial charge on any atom is 0.241 e. The Morgan fingerprint density at radius 3 is 2.22 bits per heavy atom. The number of hydrogen-bond acceptors (Lipinski definition) is 4. The minimum atomic E-state index is -0.344. The molecule has 0 unspecified atom stereocenters. The number of hydrogen-bond donors (Lipinski definition) is 2. The fourth-order valence-electron chi connectivity index (χ4n) is 2.77. The molecule has 0 saturated carbocycles. The van der Waals surface area contributed by atoms with Crippen molar-refractivity contribution in [2.24, 2.45) is 0 Å². The summed E-state index contributed by atoms with van der Waals surface area (Å²) in [6, 6.07) is 13.3. The van der Waals surface area contributed by atoms with Crippen molar-refractivity contribution in [1.29, 1.82) is 0 Å². The van der Waals surface area contributed by atoms with Crippen LogP contribution in [-0.2, 0) is 4.79 Å². The number of aryl methyl sites for hydroxylation is 1. The molecular formula is C22H30N2O3. The summed E-state index contributed by atoms with van der Waals surface area (Å²) in [5.74, 6) is 1.39. The summed E-state index contributed by atoms with van der Waals surface area (Å²) in [7, 11) is 0. The summed E-state index contributed by atoms with van der Waals surface area (Å²) in [5.41, 5.74) is 3.00. The van der Waals surface area contributed by atoms with Gasteiger partial charge < -0.3 is 14.8 Å². The number of carbonyl (C=O) groups excluding carboxylic acids is 1. The molecule has 0 saturated heterocycles. The lowest BCUT2D eigenvalue weighted by atomic mass is 10.1. The quantitative estimate of drug-likeness (QED) is 0.684. The number of benzene rings is 2. The van der Waals surface area contributed by atoms with Crippen LogP contribution in [0.2, 0.25) is 0 Å². The van der Waals surface area contributed by atoms with Gasteiger partial charge >= 0.3 is 0 Å². The molecule has 0 spiro atoms. The predicted octanol–water partition coefficient (Wildman–Crippen LogP) is 4.47. The summed E-state index contributed by atoms with van der Waals surface area (Å²) >= 11 is 0. The largest absolute Gasteiger partial charge is 0.490 e. The smallest absolute Gasteiger partial charge is 0.241 e. The minimum absolute atomic E-state index is 0.0151. The molecule has 0 aromatic heterocycles. The Balaban J connectivity index is 2.02. The van der Waals surface area contributed by atoms with Crippen LogP contribution in [0.4, 0.5) is 5.69 Å². The molecule has 2 aromatic rings. The van der Waals surface area contributed by atoms with Crippen molar-refractivity contribution in [3.8, 4) is 11.5 Å². The molecule has 0 aliphatic rings. The zero-order chi connectivity index (χ0) is 19.8. The second-order valence-electron chi connectivity index (χ2n) is 6.54. The first-order valence-electron chi connectivity index (χ1n) is 9.47. The average Bonchev–Trinajstić information content (AvgIpc) is 2.65. The zero-order valence-electron chi connectivity index (χ0n) is 16.8. The fraction of sp³-hybridized carbons (Fsp3) is 0.409. The van der Waals surface area contributed by atoms with E-state index in [-0.39, 0.29) is 18.0 Å². The van der Waals surface area contributed by atoms with Crippen LogP contribution < -0.4 is 20.1 Å². The molecule has 0 fully saturated rings. The Bertz CT molecular complexity index is 744. The van der Waals surface area contributed by atoms with Gasteiger partial charge in [-0.3, -0.25) is 10.1 Å². The highest BCUT2D eigenvalue weighted by atomic mass is 16.5. The van der Waals surface area contributed by atoms with Gasteiger partial charge in [0.05, 0.1) is 19.3 Å². The third-order valence-corrected chi connectivity index (χ3v) is 4.28. The number of carbonyl (C=O) groups is 1. The van der Waals surface area contributed by atoms with Gasteiger partial charge in [-0.25, -0.2) is 0 Å². The molecule has 2 aromatic carbocycles. The summed E-state index contributed by atoms with van der Waals surface area (Å²) in [6.45, 7) is 11.0. The number of anilines is 1. The van der Waals surface area contributed by atoms with Crippen LogP contribution in [0.25, 0.3) is 0 Å². The van der Waals surface area contributed by atoms with E-state index in [1.54, 1.807) is 0 Å². The first-order chi connectivity index (χ1) is 12.9. The topological polar surface area (TPSA) is 59.6 Å². The number of nitrogens with one attached hydrogen (secondary N) is 2. The molecule has 0 radical (unpaired) electrons. The molecular weight excluding hydrogens is 340 g/mol. The lowest BCUT2D eigenvalue weighted by Gasteiger charge is -2.21. The molecule has 1 amide bonds. The standard InChI is InChI=1S/C22H30N2O3/c1-6-26-20-13-10-18(14-21(20)27-7-2)16(4)23-17(5)22(25)24-19-11-8-15(3)9-12-19/h8-14,16-17,23H,6-7H2,1-5H3,(H,24,25)/t16-,17+/m0/s1. The maximum absolute atomic E-state index is 12.5. The average molecular weight is 370 g/mol. The Morgan fingerprint density at radius 1 is 0.963 bits per heavy atom. The zero-order valence-corrected chi connectivity index (χ0v) is 16.8. The molecule has 0 heterocycles. The van der Waals surface area contributed by atoms with Crippen molar-refractivity contribution >= 4 is 11.6 Å². The van der Waals surface area contributed by atoms with Crippen molar-refractivity contribution in [3.05, 3.63) is 53.6 Å². The number of rotatable bonds is 9. The summed E-state index contributed by atoms with van der Waals surface area (Å²) < 4.78 is 11.3. The van der Waals surface area contributed by atoms with Crippen LogP contribution in [0.1, 0.15) is 44.9 Å². The van der Waals surface area contributed by atoms with Crippen molar-refractivity contribution in [2.45, 2.75) is 46.7 Å². The Labute approximate surface area is 162 Å². The number of amides is 1. The third-order valence-electron chi connectivity index (χ3n) is 4.28. The lowest BCUT2D eigenvalue weighted by Crippen LogP contribution is -2.39. The van der Waals surface area contributed by atoms with Gasteiger partial charge in [-0.2, -0.15) is 0 Å². The van der Waals surface area contributed by atoms with E-state index in [4.69, 9.17) is 9.47 Å². The molecule has 0 aliphatic carbocycles. The first-order valence-corrected chi connectivity index (χ1v) is 9.47. The van der Waals surface area contributed by atoms with Crippen LogP contribution in [0.5, 0.6) is 11.5 Å². The second kappa shape index (κ2) is 9.97. The maximum atomic E-state index is 12.5. The Morgan fingerprint density at radius 2 is 1.59 bits per heavy atom. The molecule has 2 rings (SSSR count). The van der Waals surface area contributed by atoms with E-state index in [0.29, 0.717) is 13.2 Å². The highest BCUT2D eigenvalue weighted by Crippen LogP contribution is 2.30. The van der Waals surface area contributed by atoms with Gasteiger partial charge in [0.1, 0.15) is 0 Å². The van der Waals surface area contributed by atoms with E-state index >= 15 is 0 Å². The number of ether oxygens (including phenoxy) is 2. The van der Waals surface area contributed by atoms with Gasteiger partial charge in [-0.05, 0) is 64.4 Å². The Hall–Kier alpha value is -2.53. The van der Waals surface area contributed by atoms with Crippen molar-refractivity contribution < 1.29 is 14.3 Å². The molecule has 146 valence electrons. The normalized spacial score (nSPS) is 12.9. The van der Waals surface area contributed by atoms with Gasteiger partial charge in [0.25, 0.3) is 0 Å². The second-order valence-corrected chi connectivity index (χ2v) is 6.54. The molecule has 2 N–H and O–H groups in total. The minimum Gasteiger partial charge on any atom is -0.490 e. The van der Waals surface area contributed by atoms with Crippen molar-refractivity contribution in [3.63, 3.8) is 0 Å². The van der Waals surface area contributed by atoms with Crippen LogP contribution in [0.3, 0.4) is 0 Å². The van der Waals surface area contributed by atoms with Crippen molar-refractivity contribution in [2.75, 3.05) is 18.5 Å². The van der Waals surface area contributed by atoms with E-state index in [9.17, 15) is 4.79 Å². The van der Waals surface area contributed by atoms with E-state index in [1.807, 2.05) is 77.1 Å². The molecule has 5 nitrogen and oxygen atoms in total. The SMILES string of the molecule is CCOc1ccc([C@H](C)N[C@H](C)C(=O)Nc2ccc(C)cc2)cc1OCC. The highest BCUT2D eigenvalue weighted by Gasteiger charge is 2.18. The molecule has 0 bridgehead atoms. The van der Waals surface area contributed by atoms with E-state index < -0.39 is 0 Å². The lowest BCUT2D eigenvalue weighted by molar-refractivity contribution is -0.117. The summed E-state index contributed by atoms with van der Waals surface area (Å²) in [6.07, 6.45) is 0. The monoisotopic (exact) mass is 370 g/mol. The van der Waals surface area contributed by atoms with Crippen LogP contribution >= 0.6 is 0 Å². The fourth-order valence-corrected chi connectivity index (χ4v) is 2.77. The molecule has 2 atom stereocenters. The van der Waals surface area contributed by atoms with Gasteiger partial charge in [0.15, 0.2) is 11.5 Å². The molecule has 27 heavy (non-hydrogen) atoms. The highest BCUT2D eigenvalue weighted by molar-refractivity contribution is 5.94. The van der Waals surface area contributed by atoms with E-state index in [0.717, 1.165) is 28.3 Å². The van der Waals surface area contributed by atoms with Gasteiger partial charge in [0, 0.05) is 11.7 Å². The van der Waals surface area contributed by atoms with E-state index in [2.05, 4.69) is 10.6 Å². The summed E-state index contributed by atoms with van der Waals surface area (Å²) in [4.78, 5) is 12.5. The van der Waals surface area contributed by atoms with Crippen LogP contribution in [0.15, 0.2) is 42.5 Å². The van der Waals surface area contributed by atoms with Crippen molar-refractivity contribution in [1.82, 2.24) is 5.32 Å². The van der Waals surface area contributed by atoms with Crippen LogP contribution in [0, 0.1) is 6.92 Å². The first kappa shape index (κ1) is 20.8. The van der Waals surface area contributed by atoms with Crippen LogP contribution in [-0.4, -0.2) is 25.2 Å². The summed E-state index contributed by atoms with van der Waals surface area (Å²) in [5, 5.41) is 6.28. The third kappa shape index (κ3) is 6.00. The van der Waals surface area contributed by atoms with Gasteiger partial charge in [-0.15, -0.1) is 0 Å². The predicted molar refractivity (Wildman–Crippen MR) is 110 cm³/mol.